The van der Waals surface area contributed by atoms with E-state index in [1.807, 2.05) is 30.3 Å². The van der Waals surface area contributed by atoms with Crippen molar-refractivity contribution in [2.45, 2.75) is 6.42 Å². The molecule has 2 rings (SSSR count). The molecule has 0 saturated heterocycles. The molecule has 0 aliphatic carbocycles. The Labute approximate surface area is 131 Å². The van der Waals surface area contributed by atoms with Crippen molar-refractivity contribution in [2.24, 2.45) is 0 Å². The Morgan fingerprint density at radius 1 is 0.905 bits per heavy atom. The molecule has 0 aromatic heterocycles. The van der Waals surface area contributed by atoms with Crippen LogP contribution in [0.2, 0.25) is 0 Å². The SMILES string of the molecule is O=C(CC=[NH+]CC(=O)c1ccccc1)c1ccc(Br)cc1. The number of carbonyl (C=O) groups excluding carboxylic acids is 2. The molecular weight excluding hydrogens is 330 g/mol. The van der Waals surface area contributed by atoms with E-state index in [1.165, 1.54) is 0 Å². The number of Topliss-reactive ketones (excluding diaryl/α,β-unsaturated/α-hetero) is 2. The lowest BCUT2D eigenvalue weighted by Crippen LogP contribution is -2.71. The number of carbonyl (C=O) groups is 2. The number of ketones is 2. The van der Waals surface area contributed by atoms with Crippen molar-refractivity contribution in [3.05, 3.63) is 70.2 Å². The van der Waals surface area contributed by atoms with Crippen LogP contribution in [0.1, 0.15) is 27.1 Å². The molecule has 2 aromatic carbocycles. The van der Waals surface area contributed by atoms with E-state index in [9.17, 15) is 9.59 Å². The highest BCUT2D eigenvalue weighted by Crippen LogP contribution is 2.11. The first kappa shape index (κ1) is 15.3. The Bertz CT molecular complexity index is 648. The van der Waals surface area contributed by atoms with Gasteiger partial charge in [-0.2, -0.15) is 0 Å². The van der Waals surface area contributed by atoms with Gasteiger partial charge in [-0.25, -0.2) is 4.99 Å². The van der Waals surface area contributed by atoms with Crippen molar-refractivity contribution >= 4 is 33.7 Å². The zero-order valence-corrected chi connectivity index (χ0v) is 13.0. The van der Waals surface area contributed by atoms with Gasteiger partial charge in [0.2, 0.25) is 12.3 Å². The van der Waals surface area contributed by atoms with Gasteiger partial charge in [0.1, 0.15) is 6.21 Å². The van der Waals surface area contributed by atoms with Gasteiger partial charge in [0, 0.05) is 15.6 Å². The van der Waals surface area contributed by atoms with Gasteiger partial charge in [-0.1, -0.05) is 58.4 Å². The van der Waals surface area contributed by atoms with Crippen LogP contribution < -0.4 is 4.99 Å². The standard InChI is InChI=1S/C17H14BrNO2/c18-15-8-6-14(7-9-15)16(20)10-11-19-12-17(21)13-4-2-1-3-5-13/h1-9,11H,10,12H2/p+1. The Balaban J connectivity index is 1.84. The molecule has 4 heteroatoms. The molecule has 1 N–H and O–H groups in total. The summed E-state index contributed by atoms with van der Waals surface area (Å²) in [5.74, 6) is 0.0186. The van der Waals surface area contributed by atoms with Gasteiger partial charge in [-0.3, -0.25) is 9.59 Å². The van der Waals surface area contributed by atoms with Gasteiger partial charge in [0.05, 0.1) is 6.42 Å². The number of rotatable bonds is 6. The summed E-state index contributed by atoms with van der Waals surface area (Å²) in [6, 6.07) is 16.3. The summed E-state index contributed by atoms with van der Waals surface area (Å²) in [5.41, 5.74) is 1.32. The summed E-state index contributed by atoms with van der Waals surface area (Å²) < 4.78 is 0.939. The number of hydrogen-bond donors (Lipinski definition) is 1. The van der Waals surface area contributed by atoms with E-state index in [0.29, 0.717) is 11.1 Å². The van der Waals surface area contributed by atoms with Crippen molar-refractivity contribution in [1.82, 2.24) is 0 Å². The predicted molar refractivity (Wildman–Crippen MR) is 85.8 cm³/mol. The van der Waals surface area contributed by atoms with Gasteiger partial charge in [0.25, 0.3) is 0 Å². The van der Waals surface area contributed by atoms with Gasteiger partial charge in [-0.05, 0) is 12.1 Å². The van der Waals surface area contributed by atoms with E-state index < -0.39 is 0 Å². The molecule has 3 nitrogen and oxygen atoms in total. The first-order chi connectivity index (χ1) is 10.2. The van der Waals surface area contributed by atoms with Crippen LogP contribution in [0.15, 0.2) is 59.1 Å². The fourth-order valence-corrected chi connectivity index (χ4v) is 2.07. The summed E-state index contributed by atoms with van der Waals surface area (Å²) in [6.45, 7) is 0.192. The van der Waals surface area contributed by atoms with Gasteiger partial charge in [0.15, 0.2) is 5.78 Å². The Kier molecular flexibility index (Phi) is 5.58. The third kappa shape index (κ3) is 4.76. The molecule has 0 radical (unpaired) electrons. The zero-order chi connectivity index (χ0) is 15.1. The number of benzene rings is 2. The topological polar surface area (TPSA) is 48.1 Å². The van der Waals surface area contributed by atoms with Crippen molar-refractivity contribution in [3.63, 3.8) is 0 Å². The molecule has 0 bridgehead atoms. The molecule has 0 fully saturated rings. The van der Waals surface area contributed by atoms with E-state index in [2.05, 4.69) is 20.9 Å². The lowest BCUT2D eigenvalue weighted by Gasteiger charge is -1.96. The van der Waals surface area contributed by atoms with Crippen LogP contribution >= 0.6 is 15.9 Å². The molecule has 106 valence electrons. The summed E-state index contributed by atoms with van der Waals surface area (Å²) in [5, 5.41) is 0. The van der Waals surface area contributed by atoms with E-state index in [4.69, 9.17) is 0 Å². The fourth-order valence-electron chi connectivity index (χ4n) is 1.81. The summed E-state index contributed by atoms with van der Waals surface area (Å²) >= 11 is 3.33. The highest BCUT2D eigenvalue weighted by atomic mass is 79.9. The minimum absolute atomic E-state index is 0.00272. The lowest BCUT2D eigenvalue weighted by molar-refractivity contribution is -0.436. The van der Waals surface area contributed by atoms with Crippen molar-refractivity contribution < 1.29 is 14.6 Å². The van der Waals surface area contributed by atoms with Crippen molar-refractivity contribution in [2.75, 3.05) is 6.54 Å². The molecule has 0 spiro atoms. The van der Waals surface area contributed by atoms with E-state index in [1.54, 1.807) is 30.5 Å². The van der Waals surface area contributed by atoms with Crippen LogP contribution in [-0.4, -0.2) is 24.3 Å². The van der Waals surface area contributed by atoms with E-state index in [-0.39, 0.29) is 24.5 Å². The molecule has 0 heterocycles. The fraction of sp³-hybridized carbons (Fsp3) is 0.118. The number of halogens is 1. The summed E-state index contributed by atoms with van der Waals surface area (Å²) in [7, 11) is 0. The highest BCUT2D eigenvalue weighted by molar-refractivity contribution is 9.10. The first-order valence-electron chi connectivity index (χ1n) is 6.59. The largest absolute Gasteiger partial charge is 0.294 e. The van der Waals surface area contributed by atoms with Crippen LogP contribution in [0, 0.1) is 0 Å². The molecule has 0 saturated carbocycles. The highest BCUT2D eigenvalue weighted by Gasteiger charge is 2.08. The molecule has 0 aliphatic rings. The van der Waals surface area contributed by atoms with Gasteiger partial charge in [-0.15, -0.1) is 0 Å². The van der Waals surface area contributed by atoms with Crippen LogP contribution in [-0.2, 0) is 0 Å². The average Bonchev–Trinajstić information content (AvgIpc) is 2.52. The quantitative estimate of drug-likeness (QED) is 0.644. The first-order valence-corrected chi connectivity index (χ1v) is 7.38. The van der Waals surface area contributed by atoms with Crippen molar-refractivity contribution in [3.8, 4) is 0 Å². The normalized spacial score (nSPS) is 10.7. The average molecular weight is 345 g/mol. The van der Waals surface area contributed by atoms with E-state index >= 15 is 0 Å². The molecule has 0 amide bonds. The predicted octanol–water partition coefficient (Wildman–Crippen LogP) is 2.06. The Hall–Kier alpha value is -2.07. The number of nitrogens with one attached hydrogen (secondary N) is 1. The second kappa shape index (κ2) is 7.64. The third-order valence-electron chi connectivity index (χ3n) is 2.96. The molecule has 0 unspecified atom stereocenters. The monoisotopic (exact) mass is 344 g/mol. The van der Waals surface area contributed by atoms with Crippen LogP contribution in [0.5, 0.6) is 0 Å². The molecule has 0 aliphatic heterocycles. The van der Waals surface area contributed by atoms with Gasteiger partial charge >= 0.3 is 0 Å². The van der Waals surface area contributed by atoms with E-state index in [0.717, 1.165) is 4.47 Å². The minimum atomic E-state index is 0.00272. The summed E-state index contributed by atoms with van der Waals surface area (Å²) in [4.78, 5) is 26.6. The lowest BCUT2D eigenvalue weighted by atomic mass is 10.1. The Morgan fingerprint density at radius 2 is 1.52 bits per heavy atom. The van der Waals surface area contributed by atoms with Crippen LogP contribution in [0.3, 0.4) is 0 Å². The summed E-state index contributed by atoms with van der Waals surface area (Å²) in [6.07, 6.45) is 1.88. The second-order valence-corrected chi connectivity index (χ2v) is 5.42. The smallest absolute Gasteiger partial charge is 0.226 e. The number of hydrogen-bond acceptors (Lipinski definition) is 2. The van der Waals surface area contributed by atoms with Gasteiger partial charge < -0.3 is 0 Å². The molecular formula is C17H15BrNO2+. The molecule has 2 aromatic rings. The second-order valence-electron chi connectivity index (χ2n) is 4.51. The molecule has 0 atom stereocenters. The maximum atomic E-state index is 11.9. The zero-order valence-electron chi connectivity index (χ0n) is 11.4. The maximum absolute atomic E-state index is 11.9. The van der Waals surface area contributed by atoms with Crippen LogP contribution in [0.4, 0.5) is 0 Å². The maximum Gasteiger partial charge on any atom is 0.226 e. The minimum Gasteiger partial charge on any atom is -0.294 e. The molecule has 21 heavy (non-hydrogen) atoms. The Morgan fingerprint density at radius 3 is 2.19 bits per heavy atom. The van der Waals surface area contributed by atoms with Crippen LogP contribution in [0.25, 0.3) is 0 Å². The van der Waals surface area contributed by atoms with Crippen molar-refractivity contribution in [1.29, 1.82) is 0 Å². The third-order valence-corrected chi connectivity index (χ3v) is 3.49.